The zero-order valence-electron chi connectivity index (χ0n) is 36.4. The number of azo groups is 2. The summed E-state index contributed by atoms with van der Waals surface area (Å²) in [7, 11) is 0. The summed E-state index contributed by atoms with van der Waals surface area (Å²) in [5.74, 6) is -4.64. The Hall–Kier alpha value is -7.68. The third-order valence-corrected chi connectivity index (χ3v) is 11.6. The van der Waals surface area contributed by atoms with Crippen molar-refractivity contribution in [3.8, 4) is 11.5 Å². The molecule has 2 unspecified atom stereocenters. The summed E-state index contributed by atoms with van der Waals surface area (Å²) in [5.41, 5.74) is 3.65. The molecule has 0 radical (unpaired) electrons. The second kappa shape index (κ2) is 18.8. The van der Waals surface area contributed by atoms with Crippen molar-refractivity contribution in [3.05, 3.63) is 153 Å². The Kier molecular flexibility index (Phi) is 13.2. The van der Waals surface area contributed by atoms with Crippen LogP contribution < -0.4 is 10.6 Å². The van der Waals surface area contributed by atoms with E-state index in [-0.39, 0.29) is 56.1 Å². The number of carboxylic acid groups (broad SMARTS) is 2. The highest BCUT2D eigenvalue weighted by atomic mass is 35.5. The molecule has 0 fully saturated rings. The number of fused-ring (bicyclic) bond motifs is 2. The van der Waals surface area contributed by atoms with E-state index in [9.17, 15) is 39.6 Å². The lowest BCUT2D eigenvalue weighted by atomic mass is 9.99. The number of hydrogen-bond acceptors (Lipinski definition) is 10. The number of hydrogen-bond donors (Lipinski definition) is 6. The number of phenols is 2. The molecule has 2 amide bonds. The predicted molar refractivity (Wildman–Crippen MR) is 256 cm³/mol. The molecule has 0 aliphatic rings. The molecule has 0 aliphatic carbocycles. The van der Waals surface area contributed by atoms with Gasteiger partial charge in [0.05, 0.1) is 44.4 Å². The number of aromatic carboxylic acids is 2. The Morgan fingerprint density at radius 3 is 1.18 bits per heavy atom. The van der Waals surface area contributed by atoms with Crippen molar-refractivity contribution >= 4 is 103 Å². The van der Waals surface area contributed by atoms with Crippen molar-refractivity contribution < 1.29 is 39.6 Å². The van der Waals surface area contributed by atoms with Gasteiger partial charge in [-0.2, -0.15) is 0 Å². The number of halogens is 2. The minimum absolute atomic E-state index is 0.0174. The van der Waals surface area contributed by atoms with Gasteiger partial charge in [0.25, 0.3) is 11.8 Å². The molecule has 334 valence electrons. The summed E-state index contributed by atoms with van der Waals surface area (Å²) in [6.45, 7) is 10.2. The Labute approximate surface area is 388 Å². The lowest BCUT2D eigenvalue weighted by Crippen LogP contribution is -2.15. The average Bonchev–Trinajstić information content (AvgIpc) is 3.27. The molecule has 66 heavy (non-hydrogen) atoms. The molecule has 16 heteroatoms. The van der Waals surface area contributed by atoms with E-state index in [4.69, 9.17) is 23.2 Å². The van der Waals surface area contributed by atoms with Crippen LogP contribution in [0.3, 0.4) is 0 Å². The number of anilines is 2. The van der Waals surface area contributed by atoms with E-state index in [1.54, 1.807) is 114 Å². The van der Waals surface area contributed by atoms with Crippen LogP contribution in [0.2, 0.25) is 0 Å². The van der Waals surface area contributed by atoms with Gasteiger partial charge in [-0.05, 0) is 111 Å². The van der Waals surface area contributed by atoms with E-state index in [2.05, 4.69) is 31.1 Å². The molecular weight excluding hydrogens is 883 g/mol. The lowest BCUT2D eigenvalue weighted by Gasteiger charge is -2.16. The number of amides is 2. The van der Waals surface area contributed by atoms with Gasteiger partial charge in [-0.1, -0.05) is 60.7 Å². The van der Waals surface area contributed by atoms with Crippen molar-refractivity contribution in [2.45, 2.75) is 52.3 Å². The van der Waals surface area contributed by atoms with E-state index < -0.39 is 46.0 Å². The SMILES string of the molecule is Cc1cc(NC(=O)c2cc3ccccc3c(N=Nc3c(C)ccc(C(=O)O)c3C(C)Cl)c2O)c(C)cc1NC(=O)c1cc2ccccc2c(N=Nc2c(C)ccc(C(=O)O)c2C(C)Cl)c1O. The summed E-state index contributed by atoms with van der Waals surface area (Å²) in [6, 6.07) is 26.3. The minimum atomic E-state index is -1.18. The summed E-state index contributed by atoms with van der Waals surface area (Å²) in [4.78, 5) is 52.1. The number of aromatic hydroxyl groups is 2. The summed E-state index contributed by atoms with van der Waals surface area (Å²) < 4.78 is 0. The maximum Gasteiger partial charge on any atom is 0.336 e. The Morgan fingerprint density at radius 2 is 0.833 bits per heavy atom. The summed E-state index contributed by atoms with van der Waals surface area (Å²) in [5, 5.41) is 66.8. The van der Waals surface area contributed by atoms with Crippen molar-refractivity contribution in [1.82, 2.24) is 0 Å². The first-order valence-corrected chi connectivity index (χ1v) is 21.3. The fourth-order valence-electron chi connectivity index (χ4n) is 7.73. The topological polar surface area (TPSA) is 223 Å². The molecule has 0 bridgehead atoms. The number of alkyl halides is 2. The van der Waals surface area contributed by atoms with Crippen molar-refractivity contribution in [1.29, 1.82) is 0 Å². The van der Waals surface area contributed by atoms with E-state index >= 15 is 0 Å². The number of carboxylic acids is 2. The second-order valence-electron chi connectivity index (χ2n) is 15.7. The Morgan fingerprint density at radius 1 is 0.485 bits per heavy atom. The summed E-state index contributed by atoms with van der Waals surface area (Å²) >= 11 is 12.9. The molecule has 7 aromatic rings. The molecule has 6 N–H and O–H groups in total. The zero-order valence-corrected chi connectivity index (χ0v) is 37.9. The number of aryl methyl sites for hydroxylation is 4. The smallest absolute Gasteiger partial charge is 0.336 e. The fourth-order valence-corrected chi connectivity index (χ4v) is 8.17. The van der Waals surface area contributed by atoms with Crippen LogP contribution in [-0.4, -0.2) is 44.2 Å². The number of benzene rings is 7. The number of carbonyl (C=O) groups is 4. The molecule has 7 rings (SSSR count). The van der Waals surface area contributed by atoms with E-state index in [1.807, 2.05) is 0 Å². The van der Waals surface area contributed by atoms with E-state index in [0.717, 1.165) is 0 Å². The first kappa shape index (κ1) is 46.3. The van der Waals surface area contributed by atoms with E-state index in [0.29, 0.717) is 55.2 Å². The van der Waals surface area contributed by atoms with Crippen molar-refractivity contribution in [2.75, 3.05) is 10.6 Å². The molecule has 0 aromatic heterocycles. The molecule has 0 saturated carbocycles. The highest BCUT2D eigenvalue weighted by Crippen LogP contribution is 2.44. The van der Waals surface area contributed by atoms with Gasteiger partial charge in [-0.15, -0.1) is 43.7 Å². The van der Waals surface area contributed by atoms with Crippen LogP contribution in [0.25, 0.3) is 21.5 Å². The third-order valence-electron chi connectivity index (χ3n) is 11.1. The van der Waals surface area contributed by atoms with Gasteiger partial charge < -0.3 is 31.1 Å². The van der Waals surface area contributed by atoms with Crippen LogP contribution in [0, 0.1) is 27.7 Å². The number of carbonyl (C=O) groups excluding carboxylic acids is 2. The van der Waals surface area contributed by atoms with Gasteiger partial charge in [0, 0.05) is 33.3 Å². The molecule has 2 atom stereocenters. The quantitative estimate of drug-likeness (QED) is 0.0509. The Balaban J connectivity index is 1.19. The monoisotopic (exact) mass is 924 g/mol. The first-order valence-electron chi connectivity index (χ1n) is 20.5. The van der Waals surface area contributed by atoms with Gasteiger partial charge in [0.15, 0.2) is 11.5 Å². The third kappa shape index (κ3) is 9.01. The van der Waals surface area contributed by atoms with Crippen LogP contribution in [0.4, 0.5) is 34.1 Å². The molecule has 7 aromatic carbocycles. The fraction of sp³-hybridized carbons (Fsp3) is 0.160. The van der Waals surface area contributed by atoms with Gasteiger partial charge in [0.2, 0.25) is 0 Å². The normalized spacial score (nSPS) is 12.5. The lowest BCUT2D eigenvalue weighted by molar-refractivity contribution is 0.0685. The van der Waals surface area contributed by atoms with Gasteiger partial charge in [-0.25, -0.2) is 9.59 Å². The largest absolute Gasteiger partial charge is 0.505 e. The number of nitrogens with zero attached hydrogens (tertiary/aromatic N) is 4. The number of rotatable bonds is 12. The maximum atomic E-state index is 14.0. The van der Waals surface area contributed by atoms with Crippen LogP contribution >= 0.6 is 23.2 Å². The van der Waals surface area contributed by atoms with Crippen LogP contribution in [0.1, 0.15) is 99.4 Å². The molecule has 0 saturated heterocycles. The average molecular weight is 926 g/mol. The molecule has 0 spiro atoms. The molecular formula is C50H42Cl2N6O8. The van der Waals surface area contributed by atoms with Crippen LogP contribution in [-0.2, 0) is 0 Å². The highest BCUT2D eigenvalue weighted by Gasteiger charge is 2.25. The standard InChI is InChI=1S/C50H42Cl2N6O8/c1-23-15-17-33(49(63)64)39(27(5)51)41(23)55-57-43-31-13-9-7-11-29(31)21-35(45(43)59)47(61)53-37-19-26(4)38(20-25(37)3)54-48(62)36-22-30-12-8-10-14-32(30)44(46(36)60)58-56-42-24(2)16-18-34(50(65)66)40(42)28(6)52/h7-22,27-28,59-60H,1-6H3,(H,53,61)(H,54,62)(H,63,64)(H,65,66). The number of nitrogens with one attached hydrogen (secondary N) is 2. The van der Waals surface area contributed by atoms with Crippen LogP contribution in [0.15, 0.2) is 118 Å². The maximum absolute atomic E-state index is 14.0. The van der Waals surface area contributed by atoms with Gasteiger partial charge in [0.1, 0.15) is 11.4 Å². The minimum Gasteiger partial charge on any atom is -0.505 e. The van der Waals surface area contributed by atoms with E-state index in [1.165, 1.54) is 24.3 Å². The van der Waals surface area contributed by atoms with Crippen molar-refractivity contribution in [2.24, 2.45) is 20.5 Å². The zero-order chi connectivity index (χ0) is 47.7. The van der Waals surface area contributed by atoms with Crippen LogP contribution in [0.5, 0.6) is 11.5 Å². The Bertz CT molecular complexity index is 3020. The van der Waals surface area contributed by atoms with Gasteiger partial charge in [-0.3, -0.25) is 9.59 Å². The first-order chi connectivity index (χ1) is 31.4. The number of phenolic OH excluding ortho intramolecular Hbond substituents is 2. The highest BCUT2D eigenvalue weighted by molar-refractivity contribution is 6.22. The molecule has 0 aliphatic heterocycles. The summed E-state index contributed by atoms with van der Waals surface area (Å²) in [6.07, 6.45) is 0. The molecule has 0 heterocycles. The second-order valence-corrected chi connectivity index (χ2v) is 17.0. The predicted octanol–water partition coefficient (Wildman–Crippen LogP) is 14.0. The van der Waals surface area contributed by atoms with Crippen molar-refractivity contribution in [3.63, 3.8) is 0 Å². The van der Waals surface area contributed by atoms with Gasteiger partial charge >= 0.3 is 11.9 Å². The molecule has 14 nitrogen and oxygen atoms in total.